The zero-order chi connectivity index (χ0) is 48.8. The van der Waals surface area contributed by atoms with Crippen LogP contribution in [0.2, 0.25) is 0 Å². The molecule has 5 atom stereocenters. The third kappa shape index (κ3) is 16.9. The second-order valence-electron chi connectivity index (χ2n) is 17.1. The molecule has 0 aliphatic carbocycles. The van der Waals surface area contributed by atoms with Gasteiger partial charge < -0.3 is 56.9 Å². The van der Waals surface area contributed by atoms with Gasteiger partial charge in [0.2, 0.25) is 35.4 Å². The SMILES string of the molecule is CCCCCCCCCCCCCCCC(=O)N(C)[C@H](CO)C(=O)N[C@H](C)C(=O)NCC(=O)N(C)[C@@H]1C(=O)N[C@@H](C)C(=O)N[C@H](C(=O)OCCN)Cc2ccc(O)c(c2)-c2cc1ccc2O. The van der Waals surface area contributed by atoms with Crippen molar-refractivity contribution in [1.82, 2.24) is 31.1 Å². The Labute approximate surface area is 388 Å². The molecule has 0 saturated carbocycles. The molecule has 18 heteroatoms. The van der Waals surface area contributed by atoms with Crippen LogP contribution >= 0.6 is 0 Å². The zero-order valence-corrected chi connectivity index (χ0v) is 39.4. The molecule has 6 amide bonds. The van der Waals surface area contributed by atoms with Gasteiger partial charge in [-0.3, -0.25) is 28.8 Å². The lowest BCUT2D eigenvalue weighted by Crippen LogP contribution is -2.55. The first-order chi connectivity index (χ1) is 31.5. The molecule has 18 nitrogen and oxygen atoms in total. The third-order valence-electron chi connectivity index (χ3n) is 11.9. The Bertz CT molecular complexity index is 1950. The van der Waals surface area contributed by atoms with Crippen molar-refractivity contribution in [3.63, 3.8) is 0 Å². The summed E-state index contributed by atoms with van der Waals surface area (Å²) in [7, 11) is 2.72. The number of esters is 1. The van der Waals surface area contributed by atoms with E-state index < -0.39 is 78.9 Å². The summed E-state index contributed by atoms with van der Waals surface area (Å²) in [5, 5.41) is 42.0. The first-order valence-corrected chi connectivity index (χ1v) is 23.4. The number of fused-ring (bicyclic) bond motifs is 5. The van der Waals surface area contributed by atoms with Gasteiger partial charge >= 0.3 is 5.97 Å². The smallest absolute Gasteiger partial charge is 0.329 e. The molecule has 0 unspecified atom stereocenters. The fourth-order valence-corrected chi connectivity index (χ4v) is 7.74. The Morgan fingerprint density at radius 3 is 1.97 bits per heavy atom. The number of likely N-dealkylation sites (N-methyl/N-ethyl adjacent to an activating group) is 2. The number of rotatable bonds is 25. The van der Waals surface area contributed by atoms with Crippen molar-refractivity contribution >= 4 is 41.4 Å². The number of aliphatic hydroxyl groups excluding tert-OH is 1. The highest BCUT2D eigenvalue weighted by molar-refractivity contribution is 5.96. The Morgan fingerprint density at radius 1 is 0.803 bits per heavy atom. The van der Waals surface area contributed by atoms with Crippen molar-refractivity contribution in [2.24, 2.45) is 5.73 Å². The maximum atomic E-state index is 14.0. The number of aromatic hydroxyl groups is 2. The fourth-order valence-electron chi connectivity index (χ4n) is 7.74. The van der Waals surface area contributed by atoms with E-state index in [2.05, 4.69) is 28.2 Å². The van der Waals surface area contributed by atoms with Gasteiger partial charge in [0.05, 0.1) is 13.2 Å². The number of benzene rings is 2. The van der Waals surface area contributed by atoms with E-state index in [9.17, 15) is 48.9 Å². The van der Waals surface area contributed by atoms with Gasteiger partial charge in [-0.15, -0.1) is 0 Å². The normalized spacial score (nSPS) is 17.0. The van der Waals surface area contributed by atoms with Gasteiger partial charge in [0.15, 0.2) is 0 Å². The molecular formula is C48H73N7O11. The van der Waals surface area contributed by atoms with Gasteiger partial charge in [-0.2, -0.15) is 0 Å². The van der Waals surface area contributed by atoms with E-state index in [1.165, 1.54) is 127 Å². The molecule has 66 heavy (non-hydrogen) atoms. The number of phenols is 2. The maximum absolute atomic E-state index is 14.0. The molecule has 3 rings (SSSR count). The monoisotopic (exact) mass is 924 g/mol. The summed E-state index contributed by atoms with van der Waals surface area (Å²) in [6.07, 6.45) is 15.3. The number of nitrogens with zero attached hydrogens (tertiary/aromatic N) is 2. The number of hydrogen-bond acceptors (Lipinski definition) is 12. The molecule has 0 fully saturated rings. The standard InChI is InChI=1S/C48H73N7O11/c1-6-7-8-9-10-11-12-13-14-15-16-17-18-19-41(59)54(4)38(30-56)46(63)51-31(2)44(61)50-29-42(60)55(5)43-34-21-23-40(58)36(28-34)35-26-33(20-22-39(35)57)27-37(48(65)66-25-24-49)53-45(62)32(3)52-47(43)64/h20-23,26,28,31-32,37-38,43,56-58H,6-19,24-25,27,29-30,49H2,1-5H3,(H,50,61)(H,51,63)(H,52,64)(H,53,62)/t31-,32+,37+,38-,43+/m1/s1. The van der Waals surface area contributed by atoms with Crippen molar-refractivity contribution in [1.29, 1.82) is 0 Å². The molecule has 9 N–H and O–H groups in total. The number of ether oxygens (including phenoxy) is 1. The summed E-state index contributed by atoms with van der Waals surface area (Å²) in [6.45, 7) is 3.57. The largest absolute Gasteiger partial charge is 0.507 e. The second-order valence-corrected chi connectivity index (χ2v) is 17.1. The highest BCUT2D eigenvalue weighted by Gasteiger charge is 2.34. The van der Waals surface area contributed by atoms with Crippen molar-refractivity contribution in [3.05, 3.63) is 47.5 Å². The molecular weight excluding hydrogens is 851 g/mol. The highest BCUT2D eigenvalue weighted by atomic mass is 16.5. The van der Waals surface area contributed by atoms with Crippen LogP contribution in [0, 0.1) is 0 Å². The number of amides is 6. The predicted octanol–water partition coefficient (Wildman–Crippen LogP) is 3.23. The molecule has 0 radical (unpaired) electrons. The van der Waals surface area contributed by atoms with Gasteiger partial charge in [0, 0.05) is 44.6 Å². The Kier molecular flexibility index (Phi) is 23.4. The number of carbonyl (C=O) groups is 7. The molecule has 1 heterocycles. The molecule has 2 aromatic carbocycles. The van der Waals surface area contributed by atoms with Crippen molar-refractivity contribution < 1.29 is 53.6 Å². The second kappa shape index (κ2) is 28.3. The van der Waals surface area contributed by atoms with Crippen LogP contribution in [0.3, 0.4) is 0 Å². The molecule has 1 aliphatic rings. The van der Waals surface area contributed by atoms with E-state index in [1.54, 1.807) is 0 Å². The van der Waals surface area contributed by atoms with E-state index in [1.807, 2.05) is 0 Å². The fraction of sp³-hybridized carbons (Fsp3) is 0.604. The first kappa shape index (κ1) is 54.6. The number of aliphatic hydroxyl groups is 1. The number of nitrogens with one attached hydrogen (secondary N) is 4. The van der Waals surface area contributed by atoms with Gasteiger partial charge in [-0.25, -0.2) is 4.79 Å². The number of carbonyl (C=O) groups excluding carboxylic acids is 7. The van der Waals surface area contributed by atoms with Crippen LogP contribution in [0.5, 0.6) is 11.5 Å². The summed E-state index contributed by atoms with van der Waals surface area (Å²) in [6, 6.07) is 2.10. The number of nitrogens with two attached hydrogens (primary N) is 1. The third-order valence-corrected chi connectivity index (χ3v) is 11.9. The molecule has 2 aromatic rings. The van der Waals surface area contributed by atoms with Crippen LogP contribution in [0.1, 0.15) is 128 Å². The van der Waals surface area contributed by atoms with Crippen LogP contribution in [0.4, 0.5) is 0 Å². The number of phenolic OH excluding ortho intramolecular Hbond substituents is 2. The van der Waals surface area contributed by atoms with Crippen molar-refractivity contribution in [2.75, 3.05) is 40.4 Å². The summed E-state index contributed by atoms with van der Waals surface area (Å²) >= 11 is 0. The number of hydrogen-bond donors (Lipinski definition) is 8. The molecule has 366 valence electrons. The summed E-state index contributed by atoms with van der Waals surface area (Å²) in [5.74, 6) is -5.51. The van der Waals surface area contributed by atoms with Gasteiger partial charge in [-0.05, 0) is 55.7 Å². The molecule has 0 aromatic heterocycles. The molecule has 4 bridgehead atoms. The van der Waals surface area contributed by atoms with Gasteiger partial charge in [-0.1, -0.05) is 96.1 Å². The molecule has 0 saturated heterocycles. The lowest BCUT2D eigenvalue weighted by molar-refractivity contribution is -0.148. The zero-order valence-electron chi connectivity index (χ0n) is 39.4. The average molecular weight is 924 g/mol. The van der Waals surface area contributed by atoms with Crippen LogP contribution in [0.15, 0.2) is 36.4 Å². The van der Waals surface area contributed by atoms with Crippen LogP contribution < -0.4 is 27.0 Å². The van der Waals surface area contributed by atoms with E-state index in [-0.39, 0.29) is 60.1 Å². The molecule has 0 spiro atoms. The minimum Gasteiger partial charge on any atom is -0.507 e. The van der Waals surface area contributed by atoms with Crippen LogP contribution in [-0.2, 0) is 44.7 Å². The van der Waals surface area contributed by atoms with Gasteiger partial charge in [0.25, 0.3) is 0 Å². The van der Waals surface area contributed by atoms with Crippen LogP contribution in [0.25, 0.3) is 11.1 Å². The van der Waals surface area contributed by atoms with Gasteiger partial charge in [0.1, 0.15) is 48.3 Å². The van der Waals surface area contributed by atoms with E-state index in [0.29, 0.717) is 12.0 Å². The van der Waals surface area contributed by atoms with Crippen molar-refractivity contribution in [3.8, 4) is 22.6 Å². The number of unbranched alkanes of at least 4 members (excludes halogenated alkanes) is 12. The molecule has 1 aliphatic heterocycles. The lowest BCUT2D eigenvalue weighted by Gasteiger charge is -2.30. The summed E-state index contributed by atoms with van der Waals surface area (Å²) in [5.41, 5.74) is 6.37. The Balaban J connectivity index is 1.63. The quantitative estimate of drug-likeness (QED) is 0.0527. The summed E-state index contributed by atoms with van der Waals surface area (Å²) < 4.78 is 5.20. The predicted molar refractivity (Wildman–Crippen MR) is 249 cm³/mol. The summed E-state index contributed by atoms with van der Waals surface area (Å²) in [4.78, 5) is 95.6. The Morgan fingerprint density at radius 2 is 1.38 bits per heavy atom. The maximum Gasteiger partial charge on any atom is 0.329 e. The van der Waals surface area contributed by atoms with E-state index >= 15 is 0 Å². The minimum absolute atomic E-state index is 0.0381. The highest BCUT2D eigenvalue weighted by Crippen LogP contribution is 2.38. The Hall–Kier alpha value is -5.75. The lowest BCUT2D eigenvalue weighted by atomic mass is 9.94. The van der Waals surface area contributed by atoms with Crippen molar-refractivity contribution in [2.45, 2.75) is 147 Å². The first-order valence-electron chi connectivity index (χ1n) is 23.4. The van der Waals surface area contributed by atoms with E-state index in [4.69, 9.17) is 10.5 Å². The van der Waals surface area contributed by atoms with E-state index in [0.717, 1.165) is 24.2 Å². The van der Waals surface area contributed by atoms with Crippen LogP contribution in [-0.4, -0.2) is 131 Å². The minimum atomic E-state index is -1.46. The average Bonchev–Trinajstić information content (AvgIpc) is 3.29. The topological polar surface area (TPSA) is 270 Å².